The van der Waals surface area contributed by atoms with Gasteiger partial charge in [-0.05, 0) is 67.8 Å². The van der Waals surface area contributed by atoms with Gasteiger partial charge in [0, 0.05) is 18.3 Å². The van der Waals surface area contributed by atoms with Gasteiger partial charge in [0.05, 0.1) is 21.5 Å². The van der Waals surface area contributed by atoms with Crippen LogP contribution in [0.15, 0.2) is 41.3 Å². The standard InChI is InChI=1S/C21H25Cl2N3O3S/c1-3-9-25(14(2)15-4-6-18(22)19(23)12-15)13-21(27)26-10-8-16-11-17(30(24,28)29)5-7-20(16)26/h4-7,11-12,14H,3,8-10,13H2,1-2H3,(H2,24,28,29)/t14-/m0/s1. The van der Waals surface area contributed by atoms with Crippen molar-refractivity contribution in [3.8, 4) is 0 Å². The summed E-state index contributed by atoms with van der Waals surface area (Å²) in [6, 6.07) is 10.2. The highest BCUT2D eigenvalue weighted by Gasteiger charge is 2.28. The first kappa shape index (κ1) is 23.0. The minimum absolute atomic E-state index is 0.0181. The van der Waals surface area contributed by atoms with Crippen LogP contribution < -0.4 is 10.0 Å². The van der Waals surface area contributed by atoms with E-state index in [2.05, 4.69) is 11.8 Å². The molecule has 3 rings (SSSR count). The van der Waals surface area contributed by atoms with Gasteiger partial charge in [0.1, 0.15) is 0 Å². The number of nitrogens with zero attached hydrogens (tertiary/aromatic N) is 2. The fraction of sp³-hybridized carbons (Fsp3) is 0.381. The van der Waals surface area contributed by atoms with Gasteiger partial charge < -0.3 is 4.90 Å². The predicted molar refractivity (Wildman–Crippen MR) is 121 cm³/mol. The number of hydrogen-bond donors (Lipinski definition) is 1. The molecular weight excluding hydrogens is 445 g/mol. The smallest absolute Gasteiger partial charge is 0.241 e. The minimum atomic E-state index is -3.77. The first-order valence-electron chi connectivity index (χ1n) is 9.77. The van der Waals surface area contributed by atoms with E-state index in [1.807, 2.05) is 19.1 Å². The van der Waals surface area contributed by atoms with Crippen molar-refractivity contribution < 1.29 is 13.2 Å². The van der Waals surface area contributed by atoms with E-state index in [4.69, 9.17) is 28.3 Å². The van der Waals surface area contributed by atoms with E-state index in [-0.39, 0.29) is 23.4 Å². The molecule has 162 valence electrons. The molecule has 0 saturated heterocycles. The van der Waals surface area contributed by atoms with Crippen LogP contribution in [0.1, 0.15) is 37.4 Å². The summed E-state index contributed by atoms with van der Waals surface area (Å²) in [4.78, 5) is 17.0. The van der Waals surface area contributed by atoms with E-state index in [1.165, 1.54) is 6.07 Å². The molecule has 1 heterocycles. The van der Waals surface area contributed by atoms with Gasteiger partial charge >= 0.3 is 0 Å². The lowest BCUT2D eigenvalue weighted by atomic mass is 10.1. The number of fused-ring (bicyclic) bond motifs is 1. The van der Waals surface area contributed by atoms with E-state index >= 15 is 0 Å². The molecule has 0 radical (unpaired) electrons. The third kappa shape index (κ3) is 4.98. The number of sulfonamides is 1. The summed E-state index contributed by atoms with van der Waals surface area (Å²) in [5, 5.41) is 6.21. The van der Waals surface area contributed by atoms with Crippen LogP contribution in [-0.2, 0) is 21.2 Å². The van der Waals surface area contributed by atoms with Gasteiger partial charge in [-0.3, -0.25) is 9.69 Å². The Hall–Kier alpha value is -1.64. The zero-order chi connectivity index (χ0) is 22.1. The van der Waals surface area contributed by atoms with Gasteiger partial charge in [-0.1, -0.05) is 36.2 Å². The summed E-state index contributed by atoms with van der Waals surface area (Å²) in [5.41, 5.74) is 2.55. The largest absolute Gasteiger partial charge is 0.311 e. The Morgan fingerprint density at radius 1 is 1.20 bits per heavy atom. The maximum atomic E-state index is 13.1. The molecule has 1 aliphatic heterocycles. The third-order valence-corrected chi connectivity index (χ3v) is 7.05. The molecule has 1 aliphatic rings. The molecule has 2 aromatic rings. The minimum Gasteiger partial charge on any atom is -0.311 e. The molecule has 1 amide bonds. The van der Waals surface area contributed by atoms with Gasteiger partial charge in [-0.15, -0.1) is 0 Å². The molecule has 30 heavy (non-hydrogen) atoms. The van der Waals surface area contributed by atoms with Gasteiger partial charge in [-0.25, -0.2) is 13.6 Å². The van der Waals surface area contributed by atoms with Crippen LogP contribution in [0, 0.1) is 0 Å². The number of anilines is 1. The van der Waals surface area contributed by atoms with Gasteiger partial charge in [0.15, 0.2) is 0 Å². The van der Waals surface area contributed by atoms with Crippen molar-refractivity contribution in [2.24, 2.45) is 5.14 Å². The van der Waals surface area contributed by atoms with Crippen LogP contribution in [0.25, 0.3) is 0 Å². The Morgan fingerprint density at radius 2 is 1.93 bits per heavy atom. The van der Waals surface area contributed by atoms with Crippen LogP contribution in [0.4, 0.5) is 5.69 Å². The molecule has 1 atom stereocenters. The monoisotopic (exact) mass is 469 g/mol. The molecule has 2 aromatic carbocycles. The number of hydrogen-bond acceptors (Lipinski definition) is 4. The second kappa shape index (κ2) is 9.24. The maximum absolute atomic E-state index is 13.1. The molecule has 0 saturated carbocycles. The Labute approximate surface area is 187 Å². The highest BCUT2D eigenvalue weighted by atomic mass is 35.5. The lowest BCUT2D eigenvalue weighted by molar-refractivity contribution is -0.120. The zero-order valence-electron chi connectivity index (χ0n) is 16.9. The Kier molecular flexibility index (Phi) is 7.09. The molecule has 9 heteroatoms. The first-order chi connectivity index (χ1) is 14.1. The molecule has 0 spiro atoms. The molecule has 2 N–H and O–H groups in total. The van der Waals surface area contributed by atoms with Crippen molar-refractivity contribution in [3.05, 3.63) is 57.6 Å². The van der Waals surface area contributed by atoms with Crippen molar-refractivity contribution in [2.75, 3.05) is 24.5 Å². The van der Waals surface area contributed by atoms with E-state index in [1.54, 1.807) is 23.1 Å². The number of amides is 1. The summed E-state index contributed by atoms with van der Waals surface area (Å²) in [7, 11) is -3.77. The second-order valence-corrected chi connectivity index (χ2v) is 9.83. The highest BCUT2D eigenvalue weighted by Crippen LogP contribution is 2.31. The summed E-state index contributed by atoms with van der Waals surface area (Å²) in [5.74, 6) is -0.0301. The lowest BCUT2D eigenvalue weighted by Crippen LogP contribution is -2.41. The second-order valence-electron chi connectivity index (χ2n) is 7.45. The number of benzene rings is 2. The molecule has 0 aliphatic carbocycles. The van der Waals surface area contributed by atoms with Crippen LogP contribution in [0.2, 0.25) is 10.0 Å². The number of primary sulfonamides is 1. The van der Waals surface area contributed by atoms with Crippen LogP contribution >= 0.6 is 23.2 Å². The molecule has 0 bridgehead atoms. The summed E-state index contributed by atoms with van der Waals surface area (Å²) in [6.07, 6.45) is 1.49. The van der Waals surface area contributed by atoms with Crippen LogP contribution in [0.5, 0.6) is 0 Å². The van der Waals surface area contributed by atoms with Crippen LogP contribution in [0.3, 0.4) is 0 Å². The zero-order valence-corrected chi connectivity index (χ0v) is 19.3. The summed E-state index contributed by atoms with van der Waals surface area (Å²) >= 11 is 12.2. The number of nitrogens with two attached hydrogens (primary N) is 1. The maximum Gasteiger partial charge on any atom is 0.241 e. The molecular formula is C21H25Cl2N3O3S. The average Bonchev–Trinajstić information content (AvgIpc) is 3.12. The Balaban J connectivity index is 1.79. The topological polar surface area (TPSA) is 83.7 Å². The Morgan fingerprint density at radius 3 is 2.57 bits per heavy atom. The van der Waals surface area contributed by atoms with E-state index in [0.717, 1.165) is 29.8 Å². The van der Waals surface area contributed by atoms with E-state index in [9.17, 15) is 13.2 Å². The highest BCUT2D eigenvalue weighted by molar-refractivity contribution is 7.89. The predicted octanol–water partition coefficient (Wildman–Crippen LogP) is 4.00. The van der Waals surface area contributed by atoms with Crippen molar-refractivity contribution in [1.82, 2.24) is 4.90 Å². The van der Waals surface area contributed by atoms with Gasteiger partial charge in [0.25, 0.3) is 0 Å². The average molecular weight is 470 g/mol. The summed E-state index contributed by atoms with van der Waals surface area (Å²) < 4.78 is 23.2. The van der Waals surface area contributed by atoms with E-state index in [0.29, 0.717) is 23.0 Å². The molecule has 0 unspecified atom stereocenters. The normalized spacial score (nSPS) is 14.8. The quantitative estimate of drug-likeness (QED) is 0.663. The molecule has 6 nitrogen and oxygen atoms in total. The van der Waals surface area contributed by atoms with Gasteiger partial charge in [-0.2, -0.15) is 0 Å². The third-order valence-electron chi connectivity index (χ3n) is 5.40. The SMILES string of the molecule is CCCN(CC(=O)N1CCc2cc(S(N)(=O)=O)ccc21)[C@@H](C)c1ccc(Cl)c(Cl)c1. The van der Waals surface area contributed by atoms with Crippen LogP contribution in [-0.4, -0.2) is 38.9 Å². The van der Waals surface area contributed by atoms with Crippen molar-refractivity contribution in [1.29, 1.82) is 0 Å². The van der Waals surface area contributed by atoms with Crippen molar-refractivity contribution >= 4 is 44.8 Å². The Bertz CT molecular complexity index is 1060. The number of rotatable bonds is 7. The fourth-order valence-corrected chi connectivity index (χ4v) is 4.62. The first-order valence-corrected chi connectivity index (χ1v) is 12.1. The fourth-order valence-electron chi connectivity index (χ4n) is 3.75. The summed E-state index contributed by atoms with van der Waals surface area (Å²) in [6.45, 7) is 5.62. The lowest BCUT2D eigenvalue weighted by Gasteiger charge is -2.30. The van der Waals surface area contributed by atoms with Crippen molar-refractivity contribution in [2.45, 2.75) is 37.6 Å². The molecule has 0 fully saturated rings. The number of carbonyl (C=O) groups is 1. The van der Waals surface area contributed by atoms with Crippen molar-refractivity contribution in [3.63, 3.8) is 0 Å². The van der Waals surface area contributed by atoms with Gasteiger partial charge in [0.2, 0.25) is 15.9 Å². The number of carbonyl (C=O) groups excluding carboxylic acids is 1. The van der Waals surface area contributed by atoms with E-state index < -0.39 is 10.0 Å². The number of halogens is 2. The molecule has 0 aromatic heterocycles.